The van der Waals surface area contributed by atoms with E-state index in [2.05, 4.69) is 41.4 Å². The highest BCUT2D eigenvalue weighted by atomic mass is 16.3. The third-order valence-electron chi connectivity index (χ3n) is 3.99. The SMILES string of the molecule is Cc1ccc(C(O)CNC(C)c2ccc(N(C)C)cc2)cc1. The molecule has 0 aliphatic carbocycles. The van der Waals surface area contributed by atoms with Crippen LogP contribution in [0.5, 0.6) is 0 Å². The molecule has 0 aliphatic heterocycles. The maximum atomic E-state index is 10.3. The topological polar surface area (TPSA) is 35.5 Å². The number of aliphatic hydroxyl groups excluding tert-OH is 1. The monoisotopic (exact) mass is 298 g/mol. The fourth-order valence-corrected chi connectivity index (χ4v) is 2.37. The lowest BCUT2D eigenvalue weighted by Gasteiger charge is -2.19. The number of benzene rings is 2. The number of hydrogen-bond acceptors (Lipinski definition) is 3. The summed E-state index contributed by atoms with van der Waals surface area (Å²) in [6, 6.07) is 16.7. The maximum Gasteiger partial charge on any atom is 0.0914 e. The molecule has 2 aromatic carbocycles. The van der Waals surface area contributed by atoms with Crippen LogP contribution in [0, 0.1) is 6.92 Å². The van der Waals surface area contributed by atoms with Gasteiger partial charge in [0.15, 0.2) is 0 Å². The molecule has 0 saturated carbocycles. The summed E-state index contributed by atoms with van der Waals surface area (Å²) in [5, 5.41) is 13.7. The third kappa shape index (κ3) is 4.33. The van der Waals surface area contributed by atoms with Crippen LogP contribution < -0.4 is 10.2 Å². The maximum absolute atomic E-state index is 10.3. The van der Waals surface area contributed by atoms with Crippen molar-refractivity contribution in [1.82, 2.24) is 5.32 Å². The zero-order valence-corrected chi connectivity index (χ0v) is 13.9. The summed E-state index contributed by atoms with van der Waals surface area (Å²) in [5.74, 6) is 0. The quantitative estimate of drug-likeness (QED) is 0.857. The highest BCUT2D eigenvalue weighted by Crippen LogP contribution is 2.19. The van der Waals surface area contributed by atoms with E-state index in [1.807, 2.05) is 45.3 Å². The molecule has 2 N–H and O–H groups in total. The lowest BCUT2D eigenvalue weighted by molar-refractivity contribution is 0.171. The molecule has 3 nitrogen and oxygen atoms in total. The Morgan fingerprint density at radius 2 is 1.50 bits per heavy atom. The molecule has 0 bridgehead atoms. The molecular formula is C19H26N2O. The van der Waals surface area contributed by atoms with Gasteiger partial charge in [0.05, 0.1) is 6.10 Å². The van der Waals surface area contributed by atoms with Gasteiger partial charge in [0.2, 0.25) is 0 Å². The lowest BCUT2D eigenvalue weighted by Crippen LogP contribution is -2.24. The van der Waals surface area contributed by atoms with Crippen molar-refractivity contribution in [3.8, 4) is 0 Å². The minimum atomic E-state index is -0.482. The van der Waals surface area contributed by atoms with Crippen molar-refractivity contribution >= 4 is 5.69 Å². The minimum absolute atomic E-state index is 0.205. The van der Waals surface area contributed by atoms with Gasteiger partial charge >= 0.3 is 0 Å². The first-order chi connectivity index (χ1) is 10.5. The van der Waals surface area contributed by atoms with Crippen LogP contribution in [0.25, 0.3) is 0 Å². The summed E-state index contributed by atoms with van der Waals surface area (Å²) in [4.78, 5) is 2.09. The van der Waals surface area contributed by atoms with E-state index < -0.39 is 6.10 Å². The molecule has 0 aromatic heterocycles. The summed E-state index contributed by atoms with van der Waals surface area (Å²) in [6.07, 6.45) is -0.482. The Kier molecular flexibility index (Phi) is 5.58. The molecule has 3 heteroatoms. The summed E-state index contributed by atoms with van der Waals surface area (Å²) in [6.45, 7) is 4.71. The number of aryl methyl sites for hydroxylation is 1. The van der Waals surface area contributed by atoms with Crippen LogP contribution >= 0.6 is 0 Å². The van der Waals surface area contributed by atoms with E-state index in [0.29, 0.717) is 6.54 Å². The Hall–Kier alpha value is -1.84. The standard InChI is InChI=1S/C19H26N2O/c1-14-5-7-17(8-6-14)19(22)13-20-15(2)16-9-11-18(12-10-16)21(3)4/h5-12,15,19-20,22H,13H2,1-4H3. The summed E-state index contributed by atoms with van der Waals surface area (Å²) in [7, 11) is 4.07. The van der Waals surface area contributed by atoms with Gasteiger partial charge in [-0.1, -0.05) is 42.0 Å². The van der Waals surface area contributed by atoms with Crippen LogP contribution in [0.2, 0.25) is 0 Å². The Bertz CT molecular complexity index is 575. The normalized spacial score (nSPS) is 13.7. The Labute approximate surface area is 133 Å². The molecule has 2 atom stereocenters. The van der Waals surface area contributed by atoms with Gasteiger partial charge in [0, 0.05) is 32.4 Å². The molecular weight excluding hydrogens is 272 g/mol. The highest BCUT2D eigenvalue weighted by Gasteiger charge is 2.10. The first-order valence-electron chi connectivity index (χ1n) is 7.72. The Balaban J connectivity index is 1.91. The van der Waals surface area contributed by atoms with E-state index in [9.17, 15) is 5.11 Å². The van der Waals surface area contributed by atoms with Gasteiger partial charge in [0.1, 0.15) is 0 Å². The van der Waals surface area contributed by atoms with Crippen molar-refractivity contribution in [1.29, 1.82) is 0 Å². The molecule has 118 valence electrons. The largest absolute Gasteiger partial charge is 0.387 e. The van der Waals surface area contributed by atoms with Crippen molar-refractivity contribution in [3.05, 3.63) is 65.2 Å². The van der Waals surface area contributed by atoms with Crippen LogP contribution in [0.4, 0.5) is 5.69 Å². The molecule has 22 heavy (non-hydrogen) atoms. The first kappa shape index (κ1) is 16.5. The van der Waals surface area contributed by atoms with Crippen molar-refractivity contribution in [2.75, 3.05) is 25.5 Å². The van der Waals surface area contributed by atoms with Crippen LogP contribution in [0.15, 0.2) is 48.5 Å². The van der Waals surface area contributed by atoms with E-state index in [-0.39, 0.29) is 6.04 Å². The van der Waals surface area contributed by atoms with E-state index in [1.165, 1.54) is 16.8 Å². The third-order valence-corrected chi connectivity index (χ3v) is 3.99. The molecule has 0 aliphatic rings. The number of rotatable bonds is 6. The second-order valence-corrected chi connectivity index (χ2v) is 6.04. The summed E-state index contributed by atoms with van der Waals surface area (Å²) < 4.78 is 0. The molecule has 0 saturated heterocycles. The molecule has 2 rings (SSSR count). The predicted octanol–water partition coefficient (Wildman–Crippen LogP) is 3.45. The lowest BCUT2D eigenvalue weighted by atomic mass is 10.1. The molecule has 0 spiro atoms. The van der Waals surface area contributed by atoms with Gasteiger partial charge in [-0.25, -0.2) is 0 Å². The van der Waals surface area contributed by atoms with Gasteiger partial charge in [-0.15, -0.1) is 0 Å². The molecule has 2 aromatic rings. The van der Waals surface area contributed by atoms with E-state index in [4.69, 9.17) is 0 Å². The van der Waals surface area contributed by atoms with Gasteiger partial charge in [0.25, 0.3) is 0 Å². The number of nitrogens with one attached hydrogen (secondary N) is 1. The van der Waals surface area contributed by atoms with Crippen molar-refractivity contribution < 1.29 is 5.11 Å². The molecule has 0 radical (unpaired) electrons. The zero-order chi connectivity index (χ0) is 16.1. The first-order valence-corrected chi connectivity index (χ1v) is 7.72. The number of hydrogen-bond donors (Lipinski definition) is 2. The van der Waals surface area contributed by atoms with Crippen LogP contribution in [0.1, 0.15) is 35.8 Å². The number of nitrogens with zero attached hydrogens (tertiary/aromatic N) is 1. The highest BCUT2D eigenvalue weighted by molar-refractivity contribution is 5.46. The second-order valence-electron chi connectivity index (χ2n) is 6.04. The fraction of sp³-hybridized carbons (Fsp3) is 0.368. The van der Waals surface area contributed by atoms with Crippen molar-refractivity contribution in [2.45, 2.75) is 26.0 Å². The second kappa shape index (κ2) is 7.43. The molecule has 2 unspecified atom stereocenters. The summed E-state index contributed by atoms with van der Waals surface area (Å²) in [5.41, 5.74) is 4.57. The number of aliphatic hydroxyl groups is 1. The average Bonchev–Trinajstić information content (AvgIpc) is 2.53. The van der Waals surface area contributed by atoms with Gasteiger partial charge in [-0.05, 0) is 37.1 Å². The van der Waals surface area contributed by atoms with Crippen molar-refractivity contribution in [3.63, 3.8) is 0 Å². The Morgan fingerprint density at radius 1 is 0.955 bits per heavy atom. The summed E-state index contributed by atoms with van der Waals surface area (Å²) >= 11 is 0. The average molecular weight is 298 g/mol. The number of anilines is 1. The van der Waals surface area contributed by atoms with E-state index in [1.54, 1.807) is 0 Å². The van der Waals surface area contributed by atoms with E-state index >= 15 is 0 Å². The molecule has 0 fully saturated rings. The molecule has 0 amide bonds. The minimum Gasteiger partial charge on any atom is -0.387 e. The Morgan fingerprint density at radius 3 is 2.05 bits per heavy atom. The van der Waals surface area contributed by atoms with Crippen LogP contribution in [-0.2, 0) is 0 Å². The van der Waals surface area contributed by atoms with Gasteiger partial charge in [-0.2, -0.15) is 0 Å². The molecule has 0 heterocycles. The predicted molar refractivity (Wildman–Crippen MR) is 93.3 cm³/mol. The van der Waals surface area contributed by atoms with Crippen LogP contribution in [-0.4, -0.2) is 25.7 Å². The van der Waals surface area contributed by atoms with Gasteiger partial charge in [-0.3, -0.25) is 0 Å². The van der Waals surface area contributed by atoms with Crippen molar-refractivity contribution in [2.24, 2.45) is 0 Å². The van der Waals surface area contributed by atoms with Crippen LogP contribution in [0.3, 0.4) is 0 Å². The zero-order valence-electron chi connectivity index (χ0n) is 13.9. The fourth-order valence-electron chi connectivity index (χ4n) is 2.37. The van der Waals surface area contributed by atoms with Gasteiger partial charge < -0.3 is 15.3 Å². The smallest absolute Gasteiger partial charge is 0.0914 e. The van der Waals surface area contributed by atoms with E-state index in [0.717, 1.165) is 5.56 Å².